The third-order valence-electron chi connectivity index (χ3n) is 5.05. The highest BCUT2D eigenvalue weighted by Crippen LogP contribution is 2.35. The van der Waals surface area contributed by atoms with E-state index in [-0.39, 0.29) is 0 Å². The van der Waals surface area contributed by atoms with Gasteiger partial charge in [0.1, 0.15) is 0 Å². The topological polar surface area (TPSA) is 15.3 Å². The first-order valence-corrected chi connectivity index (χ1v) is 7.45. The molecule has 1 aromatic rings. The molecule has 0 amide bonds. The number of benzene rings is 1. The number of rotatable bonds is 2. The molecule has 3 aliphatic rings. The fourth-order valence-corrected chi connectivity index (χ4v) is 4.02. The van der Waals surface area contributed by atoms with Crippen LogP contribution in [0.1, 0.15) is 36.3 Å². The summed E-state index contributed by atoms with van der Waals surface area (Å²) in [6.07, 6.45) is 5.45. The van der Waals surface area contributed by atoms with Crippen LogP contribution in [0.25, 0.3) is 0 Å². The highest BCUT2D eigenvalue weighted by Gasteiger charge is 2.32. The molecule has 0 radical (unpaired) electrons. The van der Waals surface area contributed by atoms with Gasteiger partial charge in [-0.05, 0) is 43.4 Å². The summed E-state index contributed by atoms with van der Waals surface area (Å²) in [5, 5.41) is 3.77. The van der Waals surface area contributed by atoms with Crippen LogP contribution in [0.15, 0.2) is 24.3 Å². The van der Waals surface area contributed by atoms with Gasteiger partial charge in [0, 0.05) is 31.1 Å². The van der Waals surface area contributed by atoms with Crippen molar-refractivity contribution in [3.05, 3.63) is 35.4 Å². The first kappa shape index (κ1) is 11.0. The van der Waals surface area contributed by atoms with E-state index in [4.69, 9.17) is 0 Å². The maximum Gasteiger partial charge on any atom is 0.0198 e. The van der Waals surface area contributed by atoms with Gasteiger partial charge in [-0.1, -0.05) is 24.3 Å². The molecule has 0 saturated carbocycles. The number of fused-ring (bicyclic) bond motifs is 3. The van der Waals surface area contributed by atoms with Gasteiger partial charge < -0.3 is 10.2 Å². The highest BCUT2D eigenvalue weighted by molar-refractivity contribution is 5.40. The monoisotopic (exact) mass is 242 g/mol. The molecule has 2 bridgehead atoms. The van der Waals surface area contributed by atoms with Crippen molar-refractivity contribution in [3.63, 3.8) is 0 Å². The van der Waals surface area contributed by atoms with Gasteiger partial charge in [0.05, 0.1) is 0 Å². The average Bonchev–Trinajstić information content (AvgIpc) is 2.69. The van der Waals surface area contributed by atoms with Gasteiger partial charge in [0.2, 0.25) is 0 Å². The molecule has 18 heavy (non-hydrogen) atoms. The molecule has 96 valence electrons. The Morgan fingerprint density at radius 3 is 2.94 bits per heavy atom. The summed E-state index contributed by atoms with van der Waals surface area (Å²) in [5.74, 6) is 0.804. The summed E-state index contributed by atoms with van der Waals surface area (Å²) in [5.41, 5.74) is 3.19. The quantitative estimate of drug-likeness (QED) is 0.855. The number of likely N-dealkylation sites (tertiary alicyclic amines) is 1. The standard InChI is InChI=1S/C16H22N2/c1-2-4-16-12(3-1)9-13(16)10-18-8-7-14-5-6-15(11-18)17-14/h1-4,13-15,17H,5-11H2. The molecule has 1 aliphatic carbocycles. The molecule has 0 spiro atoms. The van der Waals surface area contributed by atoms with Crippen molar-refractivity contribution >= 4 is 0 Å². The SMILES string of the molecule is c1ccc2c(c1)CC2CN1CCC2CCC(C1)N2. The Morgan fingerprint density at radius 1 is 1.11 bits per heavy atom. The van der Waals surface area contributed by atoms with Crippen LogP contribution in [0.2, 0.25) is 0 Å². The second-order valence-corrected chi connectivity index (χ2v) is 6.29. The Hall–Kier alpha value is -0.860. The van der Waals surface area contributed by atoms with E-state index in [0.717, 1.165) is 18.0 Å². The van der Waals surface area contributed by atoms with Gasteiger partial charge >= 0.3 is 0 Å². The Balaban J connectivity index is 1.41. The van der Waals surface area contributed by atoms with E-state index in [1.807, 2.05) is 0 Å². The number of hydrogen-bond acceptors (Lipinski definition) is 2. The third-order valence-corrected chi connectivity index (χ3v) is 5.05. The van der Waals surface area contributed by atoms with Crippen LogP contribution in [-0.2, 0) is 6.42 Å². The molecular weight excluding hydrogens is 220 g/mol. The number of nitrogens with zero attached hydrogens (tertiary/aromatic N) is 1. The van der Waals surface area contributed by atoms with Crippen molar-refractivity contribution < 1.29 is 0 Å². The Kier molecular flexibility index (Phi) is 2.66. The van der Waals surface area contributed by atoms with Gasteiger partial charge in [-0.15, -0.1) is 0 Å². The van der Waals surface area contributed by atoms with Crippen LogP contribution in [0.4, 0.5) is 0 Å². The van der Waals surface area contributed by atoms with E-state index >= 15 is 0 Å². The minimum atomic E-state index is 0.771. The molecule has 3 unspecified atom stereocenters. The first-order chi connectivity index (χ1) is 8.88. The third kappa shape index (κ3) is 1.88. The lowest BCUT2D eigenvalue weighted by molar-refractivity contribution is 0.235. The second kappa shape index (κ2) is 4.36. The van der Waals surface area contributed by atoms with Crippen molar-refractivity contribution in [3.8, 4) is 0 Å². The average molecular weight is 242 g/mol. The maximum atomic E-state index is 3.77. The van der Waals surface area contributed by atoms with Gasteiger partial charge in [-0.3, -0.25) is 0 Å². The smallest absolute Gasteiger partial charge is 0.0198 e. The van der Waals surface area contributed by atoms with E-state index in [0.29, 0.717) is 0 Å². The Labute approximate surface area is 109 Å². The Bertz CT molecular complexity index is 442. The summed E-state index contributed by atoms with van der Waals surface area (Å²) < 4.78 is 0. The van der Waals surface area contributed by atoms with Crippen molar-refractivity contribution in [1.29, 1.82) is 0 Å². The molecule has 2 heterocycles. The summed E-state index contributed by atoms with van der Waals surface area (Å²) in [4.78, 5) is 2.71. The summed E-state index contributed by atoms with van der Waals surface area (Å²) in [6.45, 7) is 3.85. The Morgan fingerprint density at radius 2 is 2.00 bits per heavy atom. The van der Waals surface area contributed by atoms with Crippen LogP contribution < -0.4 is 5.32 Å². The van der Waals surface area contributed by atoms with Crippen LogP contribution >= 0.6 is 0 Å². The van der Waals surface area contributed by atoms with Crippen molar-refractivity contribution in [2.45, 2.75) is 43.7 Å². The van der Waals surface area contributed by atoms with Gasteiger partial charge in [-0.25, -0.2) is 0 Å². The lowest BCUT2D eigenvalue weighted by atomic mass is 9.77. The molecule has 2 nitrogen and oxygen atoms in total. The van der Waals surface area contributed by atoms with Crippen molar-refractivity contribution in [2.75, 3.05) is 19.6 Å². The zero-order valence-electron chi connectivity index (χ0n) is 10.9. The van der Waals surface area contributed by atoms with E-state index in [1.165, 1.54) is 45.3 Å². The number of hydrogen-bond donors (Lipinski definition) is 1. The van der Waals surface area contributed by atoms with Gasteiger partial charge in [0.25, 0.3) is 0 Å². The molecule has 2 saturated heterocycles. The predicted molar refractivity (Wildman–Crippen MR) is 73.9 cm³/mol. The lowest BCUT2D eigenvalue weighted by Gasteiger charge is -2.35. The molecule has 1 N–H and O–H groups in total. The largest absolute Gasteiger partial charge is 0.310 e. The van der Waals surface area contributed by atoms with Gasteiger partial charge in [0.15, 0.2) is 0 Å². The highest BCUT2D eigenvalue weighted by atomic mass is 15.2. The molecule has 1 aromatic carbocycles. The van der Waals surface area contributed by atoms with E-state index in [2.05, 4.69) is 34.5 Å². The zero-order valence-corrected chi connectivity index (χ0v) is 10.9. The van der Waals surface area contributed by atoms with Crippen LogP contribution in [0.5, 0.6) is 0 Å². The summed E-state index contributed by atoms with van der Waals surface area (Å²) >= 11 is 0. The minimum Gasteiger partial charge on any atom is -0.310 e. The maximum absolute atomic E-state index is 3.77. The van der Waals surface area contributed by atoms with Crippen molar-refractivity contribution in [1.82, 2.24) is 10.2 Å². The van der Waals surface area contributed by atoms with E-state index in [9.17, 15) is 0 Å². The summed E-state index contributed by atoms with van der Waals surface area (Å²) in [7, 11) is 0. The molecule has 2 aliphatic heterocycles. The van der Waals surface area contributed by atoms with E-state index < -0.39 is 0 Å². The molecule has 4 rings (SSSR count). The zero-order chi connectivity index (χ0) is 11.9. The van der Waals surface area contributed by atoms with E-state index in [1.54, 1.807) is 11.1 Å². The molecular formula is C16H22N2. The predicted octanol–water partition coefficient (Wildman–Crippen LogP) is 2.15. The van der Waals surface area contributed by atoms with Crippen LogP contribution in [0, 0.1) is 0 Å². The molecule has 3 atom stereocenters. The van der Waals surface area contributed by atoms with Gasteiger partial charge in [-0.2, -0.15) is 0 Å². The van der Waals surface area contributed by atoms with Crippen molar-refractivity contribution in [2.24, 2.45) is 0 Å². The lowest BCUT2D eigenvalue weighted by Crippen LogP contribution is -2.39. The molecule has 0 aromatic heterocycles. The second-order valence-electron chi connectivity index (χ2n) is 6.29. The first-order valence-electron chi connectivity index (χ1n) is 7.45. The summed E-state index contributed by atoms with van der Waals surface area (Å²) in [6, 6.07) is 10.6. The fraction of sp³-hybridized carbons (Fsp3) is 0.625. The normalized spacial score (nSPS) is 34.8. The number of nitrogens with one attached hydrogen (secondary N) is 1. The molecule has 2 fully saturated rings. The molecule has 2 heteroatoms. The fourth-order valence-electron chi connectivity index (χ4n) is 4.02. The minimum absolute atomic E-state index is 0.771. The van der Waals surface area contributed by atoms with Crippen LogP contribution in [-0.4, -0.2) is 36.6 Å². The van der Waals surface area contributed by atoms with Crippen LogP contribution in [0.3, 0.4) is 0 Å².